The summed E-state index contributed by atoms with van der Waals surface area (Å²) in [5.41, 5.74) is 3.68. The lowest BCUT2D eigenvalue weighted by molar-refractivity contribution is 0.0932. The zero-order valence-electron chi connectivity index (χ0n) is 15.7. The fourth-order valence-corrected chi connectivity index (χ4v) is 3.15. The van der Waals surface area contributed by atoms with E-state index >= 15 is 0 Å². The van der Waals surface area contributed by atoms with E-state index in [0.717, 1.165) is 35.3 Å². The van der Waals surface area contributed by atoms with Crippen molar-refractivity contribution < 1.29 is 9.53 Å². The Morgan fingerprint density at radius 2 is 2.19 bits per heavy atom. The van der Waals surface area contributed by atoms with Crippen molar-refractivity contribution in [2.24, 2.45) is 0 Å². The number of nitrogens with one attached hydrogen (secondary N) is 2. The van der Waals surface area contributed by atoms with Gasteiger partial charge in [-0.15, -0.1) is 10.2 Å². The number of rotatable bonds is 7. The summed E-state index contributed by atoms with van der Waals surface area (Å²) in [5, 5.41) is 12.2. The summed E-state index contributed by atoms with van der Waals surface area (Å²) >= 11 is 0. The Hall–Kier alpha value is -2.67. The number of carbonyl (C=O) groups is 1. The lowest BCUT2D eigenvalue weighted by Gasteiger charge is -2.14. The third-order valence-corrected chi connectivity index (χ3v) is 4.57. The maximum atomic E-state index is 12.8. The zero-order valence-corrected chi connectivity index (χ0v) is 15.7. The van der Waals surface area contributed by atoms with Crippen LogP contribution in [0.1, 0.15) is 46.8 Å². The molecule has 2 N–H and O–H groups in total. The second kappa shape index (κ2) is 7.70. The Morgan fingerprint density at radius 3 is 2.96 bits per heavy atom. The van der Waals surface area contributed by atoms with E-state index in [4.69, 9.17) is 4.74 Å². The fourth-order valence-electron chi connectivity index (χ4n) is 3.15. The number of aryl methyl sites for hydroxylation is 3. The SMILES string of the molecule is COCCCn1cnnc1C(C)NC(=O)c1[nH]c2ccc(C)cc2c1C. The number of methoxy groups -OCH3 is 1. The smallest absolute Gasteiger partial charge is 0.268 e. The van der Waals surface area contributed by atoms with Gasteiger partial charge in [0.15, 0.2) is 5.82 Å². The first-order valence-electron chi connectivity index (χ1n) is 8.77. The number of carbonyl (C=O) groups excluding carboxylic acids is 1. The monoisotopic (exact) mass is 355 g/mol. The number of aromatic amines is 1. The third kappa shape index (κ3) is 3.62. The molecular formula is C19H25N5O2. The number of nitrogens with zero attached hydrogens (tertiary/aromatic N) is 3. The van der Waals surface area contributed by atoms with Gasteiger partial charge in [-0.25, -0.2) is 0 Å². The van der Waals surface area contributed by atoms with Crippen molar-refractivity contribution in [3.8, 4) is 0 Å². The predicted octanol–water partition coefficient (Wildman–Crippen LogP) is 2.90. The molecule has 0 aliphatic heterocycles. The summed E-state index contributed by atoms with van der Waals surface area (Å²) in [6.07, 6.45) is 2.55. The maximum Gasteiger partial charge on any atom is 0.268 e. The van der Waals surface area contributed by atoms with Gasteiger partial charge >= 0.3 is 0 Å². The molecule has 0 saturated heterocycles. The summed E-state index contributed by atoms with van der Waals surface area (Å²) in [6, 6.07) is 5.88. The van der Waals surface area contributed by atoms with Gasteiger partial charge in [0.05, 0.1) is 6.04 Å². The number of aromatic nitrogens is 4. The van der Waals surface area contributed by atoms with Crippen LogP contribution in [0.5, 0.6) is 0 Å². The molecule has 26 heavy (non-hydrogen) atoms. The van der Waals surface area contributed by atoms with Gasteiger partial charge in [0.1, 0.15) is 12.0 Å². The zero-order chi connectivity index (χ0) is 18.7. The van der Waals surface area contributed by atoms with Gasteiger partial charge in [0.25, 0.3) is 5.91 Å². The van der Waals surface area contributed by atoms with Crippen molar-refractivity contribution in [3.05, 3.63) is 47.2 Å². The molecule has 0 fully saturated rings. The quantitative estimate of drug-likeness (QED) is 0.638. The second-order valence-corrected chi connectivity index (χ2v) is 6.60. The van der Waals surface area contributed by atoms with Crippen LogP contribution in [-0.2, 0) is 11.3 Å². The lowest BCUT2D eigenvalue weighted by atomic mass is 10.1. The van der Waals surface area contributed by atoms with Crippen molar-refractivity contribution >= 4 is 16.8 Å². The van der Waals surface area contributed by atoms with Gasteiger partial charge in [-0.2, -0.15) is 0 Å². The molecule has 3 rings (SSSR count). The van der Waals surface area contributed by atoms with Crippen molar-refractivity contribution in [2.45, 2.75) is 39.8 Å². The minimum absolute atomic E-state index is 0.143. The van der Waals surface area contributed by atoms with Crippen LogP contribution in [0, 0.1) is 13.8 Å². The van der Waals surface area contributed by atoms with Gasteiger partial charge < -0.3 is 19.6 Å². The van der Waals surface area contributed by atoms with Crippen LogP contribution in [-0.4, -0.2) is 39.4 Å². The Kier molecular flexibility index (Phi) is 5.37. The highest BCUT2D eigenvalue weighted by Crippen LogP contribution is 2.23. The van der Waals surface area contributed by atoms with Crippen LogP contribution in [0.2, 0.25) is 0 Å². The van der Waals surface area contributed by atoms with E-state index < -0.39 is 0 Å². The summed E-state index contributed by atoms with van der Waals surface area (Å²) < 4.78 is 7.03. The number of hydrogen-bond donors (Lipinski definition) is 2. The number of ether oxygens (including phenoxy) is 1. The molecule has 7 heteroatoms. The van der Waals surface area contributed by atoms with Gasteiger partial charge in [-0.3, -0.25) is 4.79 Å². The lowest BCUT2D eigenvalue weighted by Crippen LogP contribution is -2.29. The fraction of sp³-hybridized carbons (Fsp3) is 0.421. The van der Waals surface area contributed by atoms with Gasteiger partial charge in [0.2, 0.25) is 0 Å². The summed E-state index contributed by atoms with van der Waals surface area (Å²) in [7, 11) is 1.68. The molecule has 1 aromatic carbocycles. The average molecular weight is 355 g/mol. The molecule has 2 heterocycles. The van der Waals surface area contributed by atoms with Gasteiger partial charge in [-0.05, 0) is 44.9 Å². The Labute approximate surface area is 152 Å². The molecule has 1 unspecified atom stereocenters. The highest BCUT2D eigenvalue weighted by Gasteiger charge is 2.20. The summed E-state index contributed by atoms with van der Waals surface area (Å²) in [6.45, 7) is 7.35. The largest absolute Gasteiger partial charge is 0.385 e. The molecule has 0 saturated carbocycles. The number of fused-ring (bicyclic) bond motifs is 1. The minimum Gasteiger partial charge on any atom is -0.385 e. The van der Waals surface area contributed by atoms with Gasteiger partial charge in [0, 0.05) is 31.2 Å². The number of amides is 1. The van der Waals surface area contributed by atoms with E-state index in [1.54, 1.807) is 13.4 Å². The normalized spacial score (nSPS) is 12.5. The maximum absolute atomic E-state index is 12.8. The number of H-pyrrole nitrogens is 1. The van der Waals surface area contributed by atoms with Crippen molar-refractivity contribution in [1.82, 2.24) is 25.1 Å². The first-order valence-corrected chi connectivity index (χ1v) is 8.77. The highest BCUT2D eigenvalue weighted by molar-refractivity contribution is 6.01. The molecule has 3 aromatic rings. The predicted molar refractivity (Wildman–Crippen MR) is 100 cm³/mol. The van der Waals surface area contributed by atoms with Crippen LogP contribution in [0.4, 0.5) is 0 Å². The van der Waals surface area contributed by atoms with E-state index in [9.17, 15) is 4.79 Å². The van der Waals surface area contributed by atoms with E-state index in [1.807, 2.05) is 37.5 Å². The molecule has 0 bridgehead atoms. The molecule has 0 radical (unpaired) electrons. The van der Waals surface area contributed by atoms with Crippen molar-refractivity contribution in [2.75, 3.05) is 13.7 Å². The molecule has 0 aliphatic rings. The van der Waals surface area contributed by atoms with Gasteiger partial charge in [-0.1, -0.05) is 11.6 Å². The molecular weight excluding hydrogens is 330 g/mol. The van der Waals surface area contributed by atoms with E-state index in [2.05, 4.69) is 26.6 Å². The van der Waals surface area contributed by atoms with E-state index in [-0.39, 0.29) is 11.9 Å². The topological polar surface area (TPSA) is 84.8 Å². The van der Waals surface area contributed by atoms with Crippen molar-refractivity contribution in [3.63, 3.8) is 0 Å². The molecule has 0 spiro atoms. The molecule has 0 aliphatic carbocycles. The molecule has 2 aromatic heterocycles. The average Bonchev–Trinajstić information content (AvgIpc) is 3.20. The standard InChI is InChI=1S/C19H25N5O2/c1-12-6-7-16-15(10-12)13(2)17(22-16)19(25)21-14(3)18-23-20-11-24(18)8-5-9-26-4/h6-7,10-11,14,22H,5,8-9H2,1-4H3,(H,21,25). The first-order chi connectivity index (χ1) is 12.5. The Balaban J connectivity index is 1.76. The molecule has 138 valence electrons. The second-order valence-electron chi connectivity index (χ2n) is 6.60. The molecule has 1 amide bonds. The van der Waals surface area contributed by atoms with Crippen LogP contribution < -0.4 is 5.32 Å². The number of benzene rings is 1. The Bertz CT molecular complexity index is 912. The Morgan fingerprint density at radius 1 is 1.38 bits per heavy atom. The molecule has 7 nitrogen and oxygen atoms in total. The number of hydrogen-bond acceptors (Lipinski definition) is 4. The van der Waals surface area contributed by atoms with Crippen molar-refractivity contribution in [1.29, 1.82) is 0 Å². The molecule has 1 atom stereocenters. The first kappa shape index (κ1) is 18.1. The van der Waals surface area contributed by atoms with E-state index in [0.29, 0.717) is 12.3 Å². The van der Waals surface area contributed by atoms with Crippen LogP contribution in [0.25, 0.3) is 10.9 Å². The summed E-state index contributed by atoms with van der Waals surface area (Å²) in [4.78, 5) is 16.0. The highest BCUT2D eigenvalue weighted by atomic mass is 16.5. The summed E-state index contributed by atoms with van der Waals surface area (Å²) in [5.74, 6) is 0.592. The van der Waals surface area contributed by atoms with Crippen LogP contribution >= 0.6 is 0 Å². The third-order valence-electron chi connectivity index (χ3n) is 4.57. The van der Waals surface area contributed by atoms with Crippen LogP contribution in [0.3, 0.4) is 0 Å². The van der Waals surface area contributed by atoms with E-state index in [1.165, 1.54) is 5.56 Å². The minimum atomic E-state index is -0.250. The van der Waals surface area contributed by atoms with Crippen LogP contribution in [0.15, 0.2) is 24.5 Å².